The molecule has 2 N–H and O–H groups in total. The van der Waals surface area contributed by atoms with Crippen LogP contribution >= 0.6 is 46.4 Å². The van der Waals surface area contributed by atoms with Crippen molar-refractivity contribution >= 4 is 54.5 Å². The Balaban J connectivity index is 2.48. The van der Waals surface area contributed by atoms with Crippen LogP contribution in [0.1, 0.15) is 12.8 Å². The molecule has 21 heavy (non-hydrogen) atoms. The molecule has 0 saturated carbocycles. The van der Waals surface area contributed by atoms with Gasteiger partial charge >= 0.3 is 0 Å². The molecule has 0 bridgehead atoms. The maximum atomic E-state index is 11.1. The minimum atomic E-state index is -2.78. The molecule has 116 valence electrons. The van der Waals surface area contributed by atoms with Gasteiger partial charge in [0, 0.05) is 33.0 Å². The van der Waals surface area contributed by atoms with E-state index in [1.807, 2.05) is 13.1 Å². The maximum Gasteiger partial charge on any atom is 0.132 e. The van der Waals surface area contributed by atoms with Crippen molar-refractivity contribution in [1.82, 2.24) is 0 Å². The molecule has 2 unspecified atom stereocenters. The molecule has 0 amide bonds. The zero-order valence-electron chi connectivity index (χ0n) is 11.6. The zero-order chi connectivity index (χ0) is 16.1. The molecule has 2 aliphatic rings. The lowest BCUT2D eigenvalue weighted by molar-refractivity contribution is 0.115. The van der Waals surface area contributed by atoms with Crippen LogP contribution in [-0.2, 0) is 0 Å². The van der Waals surface area contributed by atoms with Crippen molar-refractivity contribution in [3.63, 3.8) is 0 Å². The first-order valence-corrected chi connectivity index (χ1v) is 10.9. The van der Waals surface area contributed by atoms with E-state index in [1.165, 1.54) is 0 Å². The molecule has 7 heteroatoms. The second-order valence-corrected chi connectivity index (χ2v) is 12.9. The highest BCUT2D eigenvalue weighted by Crippen LogP contribution is 2.46. The van der Waals surface area contributed by atoms with Crippen LogP contribution in [0, 0.1) is 0 Å². The van der Waals surface area contributed by atoms with Crippen LogP contribution in [0.4, 0.5) is 0 Å². The van der Waals surface area contributed by atoms with Crippen molar-refractivity contribution < 1.29 is 10.2 Å². The molecule has 0 saturated heterocycles. The van der Waals surface area contributed by atoms with Crippen molar-refractivity contribution in [3.05, 3.63) is 44.4 Å². The summed E-state index contributed by atoms with van der Waals surface area (Å²) >= 11 is 24.3. The Kier molecular flexibility index (Phi) is 4.79. The number of allylic oxidation sites excluding steroid dienone is 4. The molecule has 0 fully saturated rings. The van der Waals surface area contributed by atoms with E-state index in [1.54, 1.807) is 24.3 Å². The van der Waals surface area contributed by atoms with E-state index < -0.39 is 18.5 Å². The lowest BCUT2D eigenvalue weighted by atomic mass is 10.1. The van der Waals surface area contributed by atoms with E-state index in [4.69, 9.17) is 46.4 Å². The van der Waals surface area contributed by atoms with Gasteiger partial charge in [-0.3, -0.25) is 0 Å². The highest BCUT2D eigenvalue weighted by Gasteiger charge is 2.57. The summed E-state index contributed by atoms with van der Waals surface area (Å²) in [4.78, 5) is 0. The predicted molar refractivity (Wildman–Crippen MR) is 92.4 cm³/mol. The fourth-order valence-electron chi connectivity index (χ4n) is 2.74. The first-order valence-electron chi connectivity index (χ1n) is 6.43. The summed E-state index contributed by atoms with van der Waals surface area (Å²) in [6.45, 7) is 3.75. The van der Waals surface area contributed by atoms with Gasteiger partial charge in [0.2, 0.25) is 0 Å². The van der Waals surface area contributed by atoms with Gasteiger partial charge in [0.25, 0.3) is 0 Å². The molecule has 0 spiro atoms. The Morgan fingerprint density at radius 2 is 1.19 bits per heavy atom. The van der Waals surface area contributed by atoms with E-state index in [0.29, 0.717) is 20.1 Å². The van der Waals surface area contributed by atoms with Crippen LogP contribution in [0.15, 0.2) is 44.4 Å². The first kappa shape index (κ1) is 17.6. The van der Waals surface area contributed by atoms with E-state index in [-0.39, 0.29) is 12.8 Å². The van der Waals surface area contributed by atoms with Crippen LogP contribution in [0.2, 0.25) is 13.1 Å². The van der Waals surface area contributed by atoms with Crippen molar-refractivity contribution in [1.29, 1.82) is 0 Å². The molecule has 2 aliphatic carbocycles. The predicted octanol–water partition coefficient (Wildman–Crippen LogP) is 4.53. The second-order valence-electron chi connectivity index (χ2n) is 6.07. The largest absolute Gasteiger partial charge is 0.389 e. The maximum absolute atomic E-state index is 11.1. The Hall–Kier alpha value is 0.257. The summed E-state index contributed by atoms with van der Waals surface area (Å²) in [5, 5.41) is 21.3. The van der Waals surface area contributed by atoms with Crippen LogP contribution in [0.5, 0.6) is 0 Å². The molecular formula is C14H16Cl4O2Si. The summed E-state index contributed by atoms with van der Waals surface area (Å²) in [6.07, 6.45) is 6.78. The van der Waals surface area contributed by atoms with Crippen molar-refractivity contribution in [2.75, 3.05) is 0 Å². The third kappa shape index (κ3) is 3.16. The number of rotatable bonds is 2. The molecule has 0 aliphatic heterocycles. The van der Waals surface area contributed by atoms with Gasteiger partial charge in [-0.1, -0.05) is 59.5 Å². The Morgan fingerprint density at radius 1 is 0.857 bits per heavy atom. The fourth-order valence-corrected chi connectivity index (χ4v) is 7.57. The number of halogens is 4. The van der Waals surface area contributed by atoms with Gasteiger partial charge in [-0.25, -0.2) is 0 Å². The van der Waals surface area contributed by atoms with Gasteiger partial charge in [-0.15, -0.1) is 0 Å². The number of hydrogen-bond donors (Lipinski definition) is 2. The quantitative estimate of drug-likeness (QED) is 0.685. The summed E-state index contributed by atoms with van der Waals surface area (Å²) in [7, 11) is -2.78. The van der Waals surface area contributed by atoms with Gasteiger partial charge in [-0.05, 0) is 24.3 Å². The summed E-state index contributed by atoms with van der Waals surface area (Å²) in [5.41, 5.74) is 0. The van der Waals surface area contributed by atoms with Gasteiger partial charge in [0.15, 0.2) is 0 Å². The topological polar surface area (TPSA) is 40.5 Å². The molecule has 0 heterocycles. The van der Waals surface area contributed by atoms with Crippen LogP contribution in [-0.4, -0.2) is 28.7 Å². The average Bonchev–Trinajstić information content (AvgIpc) is 2.24. The molecule has 2 rings (SSSR count). The van der Waals surface area contributed by atoms with Gasteiger partial charge < -0.3 is 10.2 Å². The summed E-state index contributed by atoms with van der Waals surface area (Å²) in [6, 6.07) is 0. The normalized spacial score (nSPS) is 33.9. The lowest BCUT2D eigenvalue weighted by Crippen LogP contribution is -2.68. The first-order chi connectivity index (χ1) is 9.49. The van der Waals surface area contributed by atoms with Gasteiger partial charge in [0.05, 0.1) is 10.4 Å². The number of hydrogen-bond acceptors (Lipinski definition) is 2. The average molecular weight is 386 g/mol. The van der Waals surface area contributed by atoms with Crippen molar-refractivity contribution in [2.24, 2.45) is 0 Å². The molecule has 0 aromatic heterocycles. The standard InChI is InChI=1S/C14H16Cl4O2Si/c1-21(2,13(19)5-9(15)3-10(16)6-13)14(20)7-11(17)4-12(18)8-14/h3-5,7,19-20H,6,8H2,1-2H3. The molecule has 0 aromatic carbocycles. The number of aliphatic hydroxyl groups is 2. The molecule has 0 radical (unpaired) electrons. The molecule has 2 nitrogen and oxygen atoms in total. The van der Waals surface area contributed by atoms with E-state index in [0.717, 1.165) is 0 Å². The van der Waals surface area contributed by atoms with E-state index >= 15 is 0 Å². The highest BCUT2D eigenvalue weighted by molar-refractivity contribution is 6.84. The SMILES string of the molecule is C[Si](C)(C1(O)C=C(Cl)C=C(Cl)C1)C1(O)C=C(Cl)C=C(Cl)C1. The van der Waals surface area contributed by atoms with Crippen molar-refractivity contribution in [2.45, 2.75) is 36.4 Å². The smallest absolute Gasteiger partial charge is 0.132 e. The molecule has 2 atom stereocenters. The van der Waals surface area contributed by atoms with Crippen LogP contribution < -0.4 is 0 Å². The van der Waals surface area contributed by atoms with E-state index in [9.17, 15) is 10.2 Å². The zero-order valence-corrected chi connectivity index (χ0v) is 15.7. The molecule has 0 aromatic rings. The third-order valence-electron chi connectivity index (χ3n) is 4.38. The fraction of sp³-hybridized carbons (Fsp3) is 0.429. The van der Waals surface area contributed by atoms with Crippen molar-refractivity contribution in [3.8, 4) is 0 Å². The molecular weight excluding hydrogens is 370 g/mol. The highest BCUT2D eigenvalue weighted by atomic mass is 35.5. The Bertz CT molecular complexity index is 544. The minimum absolute atomic E-state index is 0.221. The third-order valence-corrected chi connectivity index (χ3v) is 10.3. The summed E-state index contributed by atoms with van der Waals surface area (Å²) < 4.78 is 0. The van der Waals surface area contributed by atoms with Crippen LogP contribution in [0.3, 0.4) is 0 Å². The second kappa shape index (κ2) is 5.71. The van der Waals surface area contributed by atoms with E-state index in [2.05, 4.69) is 0 Å². The van der Waals surface area contributed by atoms with Gasteiger partial charge in [0.1, 0.15) is 8.07 Å². The Morgan fingerprint density at radius 3 is 1.48 bits per heavy atom. The van der Waals surface area contributed by atoms with Gasteiger partial charge in [-0.2, -0.15) is 0 Å². The lowest BCUT2D eigenvalue weighted by Gasteiger charge is -2.50. The van der Waals surface area contributed by atoms with Crippen LogP contribution in [0.25, 0.3) is 0 Å². The minimum Gasteiger partial charge on any atom is -0.389 e. The summed E-state index contributed by atoms with van der Waals surface area (Å²) in [5.74, 6) is 0. The monoisotopic (exact) mass is 384 g/mol. The Labute approximate surface area is 145 Å².